The SMILES string of the molecule is CCC(C#N)C(=O)Nc1cc(F)ccc1Cl. The van der Waals surface area contributed by atoms with Gasteiger partial charge in [0.15, 0.2) is 0 Å². The number of benzene rings is 1. The third kappa shape index (κ3) is 2.94. The van der Waals surface area contributed by atoms with E-state index in [0.717, 1.165) is 6.07 Å². The van der Waals surface area contributed by atoms with Gasteiger partial charge in [0, 0.05) is 0 Å². The standard InChI is InChI=1S/C11H10ClFN2O/c1-2-7(6-14)11(16)15-10-5-8(13)3-4-9(10)12/h3-5,7H,2H2,1H3,(H,15,16). The van der Waals surface area contributed by atoms with E-state index in [4.69, 9.17) is 16.9 Å². The fourth-order valence-corrected chi connectivity index (χ4v) is 1.31. The molecule has 1 aromatic carbocycles. The smallest absolute Gasteiger partial charge is 0.241 e. The van der Waals surface area contributed by atoms with Crippen LogP contribution < -0.4 is 5.32 Å². The second-order valence-electron chi connectivity index (χ2n) is 3.20. The maximum atomic E-state index is 12.9. The number of hydrogen-bond acceptors (Lipinski definition) is 2. The molecule has 0 heterocycles. The number of halogens is 2. The zero-order chi connectivity index (χ0) is 12.1. The van der Waals surface area contributed by atoms with Gasteiger partial charge in [0.05, 0.1) is 16.8 Å². The summed E-state index contributed by atoms with van der Waals surface area (Å²) in [7, 11) is 0. The van der Waals surface area contributed by atoms with Crippen molar-refractivity contribution in [3.05, 3.63) is 29.0 Å². The predicted molar refractivity (Wildman–Crippen MR) is 59.4 cm³/mol. The first-order valence-corrected chi connectivity index (χ1v) is 5.11. The van der Waals surface area contributed by atoms with Gasteiger partial charge in [0.25, 0.3) is 0 Å². The summed E-state index contributed by atoms with van der Waals surface area (Å²) >= 11 is 5.77. The molecule has 0 aromatic heterocycles. The summed E-state index contributed by atoms with van der Waals surface area (Å²) in [6.45, 7) is 1.72. The van der Waals surface area contributed by atoms with E-state index in [1.807, 2.05) is 6.07 Å². The van der Waals surface area contributed by atoms with Crippen molar-refractivity contribution in [1.82, 2.24) is 0 Å². The van der Waals surface area contributed by atoms with Gasteiger partial charge in [0.2, 0.25) is 5.91 Å². The summed E-state index contributed by atoms with van der Waals surface area (Å²) in [6, 6.07) is 5.51. The first kappa shape index (κ1) is 12.5. The Hall–Kier alpha value is -1.60. The molecule has 0 spiro atoms. The fraction of sp³-hybridized carbons (Fsp3) is 0.273. The molecule has 1 rings (SSSR count). The fourth-order valence-electron chi connectivity index (χ4n) is 1.15. The van der Waals surface area contributed by atoms with Gasteiger partial charge in [-0.3, -0.25) is 4.79 Å². The minimum atomic E-state index is -0.751. The van der Waals surface area contributed by atoms with Crippen LogP contribution in [0.1, 0.15) is 13.3 Å². The lowest BCUT2D eigenvalue weighted by molar-refractivity contribution is -0.118. The van der Waals surface area contributed by atoms with E-state index in [1.165, 1.54) is 12.1 Å². The number of nitrogens with one attached hydrogen (secondary N) is 1. The molecule has 0 saturated carbocycles. The number of rotatable bonds is 3. The van der Waals surface area contributed by atoms with E-state index in [0.29, 0.717) is 6.42 Å². The van der Waals surface area contributed by atoms with Crippen LogP contribution in [0.15, 0.2) is 18.2 Å². The van der Waals surface area contributed by atoms with Crippen molar-refractivity contribution in [3.63, 3.8) is 0 Å². The molecule has 0 bridgehead atoms. The zero-order valence-corrected chi connectivity index (χ0v) is 9.38. The maximum absolute atomic E-state index is 12.9. The third-order valence-electron chi connectivity index (χ3n) is 2.07. The lowest BCUT2D eigenvalue weighted by Crippen LogP contribution is -2.21. The second-order valence-corrected chi connectivity index (χ2v) is 3.61. The molecule has 84 valence electrons. The van der Waals surface area contributed by atoms with Crippen LogP contribution in [0, 0.1) is 23.1 Å². The summed E-state index contributed by atoms with van der Waals surface area (Å²) in [4.78, 5) is 11.5. The average Bonchev–Trinajstić information content (AvgIpc) is 2.25. The van der Waals surface area contributed by atoms with Crippen LogP contribution in [0.3, 0.4) is 0 Å². The number of carbonyl (C=O) groups excluding carboxylic acids is 1. The van der Waals surface area contributed by atoms with Crippen molar-refractivity contribution in [2.45, 2.75) is 13.3 Å². The molecule has 16 heavy (non-hydrogen) atoms. The largest absolute Gasteiger partial charge is 0.324 e. The minimum Gasteiger partial charge on any atom is -0.324 e. The minimum absolute atomic E-state index is 0.181. The van der Waals surface area contributed by atoms with Gasteiger partial charge in [-0.1, -0.05) is 18.5 Å². The highest BCUT2D eigenvalue weighted by molar-refractivity contribution is 6.33. The molecule has 0 aliphatic rings. The molecule has 0 saturated heterocycles. The van der Waals surface area contributed by atoms with Gasteiger partial charge >= 0.3 is 0 Å². The predicted octanol–water partition coefficient (Wildman–Crippen LogP) is 2.97. The van der Waals surface area contributed by atoms with Crippen LogP contribution in [0.2, 0.25) is 5.02 Å². The Labute approximate surface area is 97.8 Å². The summed E-state index contributed by atoms with van der Waals surface area (Å²) in [5.74, 6) is -1.72. The number of carbonyl (C=O) groups is 1. The molecule has 1 amide bonds. The highest BCUT2D eigenvalue weighted by Crippen LogP contribution is 2.23. The Kier molecular flexibility index (Phi) is 4.27. The monoisotopic (exact) mass is 240 g/mol. The lowest BCUT2D eigenvalue weighted by Gasteiger charge is -2.09. The number of nitrogens with zero attached hydrogens (tertiary/aromatic N) is 1. The highest BCUT2D eigenvalue weighted by atomic mass is 35.5. The van der Waals surface area contributed by atoms with Crippen LogP contribution in [-0.2, 0) is 4.79 Å². The molecule has 0 aliphatic heterocycles. The van der Waals surface area contributed by atoms with Crippen molar-refractivity contribution in [2.75, 3.05) is 5.32 Å². The number of nitriles is 1. The topological polar surface area (TPSA) is 52.9 Å². The second kappa shape index (κ2) is 5.47. The van der Waals surface area contributed by atoms with E-state index in [9.17, 15) is 9.18 Å². The van der Waals surface area contributed by atoms with Crippen LogP contribution in [0.5, 0.6) is 0 Å². The molecule has 1 N–H and O–H groups in total. The van der Waals surface area contributed by atoms with Gasteiger partial charge in [-0.15, -0.1) is 0 Å². The lowest BCUT2D eigenvalue weighted by atomic mass is 10.1. The number of hydrogen-bond donors (Lipinski definition) is 1. The molecule has 5 heteroatoms. The van der Waals surface area contributed by atoms with Gasteiger partial charge < -0.3 is 5.32 Å². The summed E-state index contributed by atoms with van der Waals surface area (Å²) in [5, 5.41) is 11.3. The zero-order valence-electron chi connectivity index (χ0n) is 8.63. The Morgan fingerprint density at radius 1 is 1.69 bits per heavy atom. The van der Waals surface area contributed by atoms with Crippen LogP contribution >= 0.6 is 11.6 Å². The van der Waals surface area contributed by atoms with E-state index < -0.39 is 17.6 Å². The van der Waals surface area contributed by atoms with E-state index in [1.54, 1.807) is 6.92 Å². The van der Waals surface area contributed by atoms with Gasteiger partial charge in [0.1, 0.15) is 11.7 Å². The Bertz CT molecular complexity index is 442. The van der Waals surface area contributed by atoms with E-state index in [-0.39, 0.29) is 10.7 Å². The number of amides is 1. The molecule has 0 aliphatic carbocycles. The molecule has 0 fully saturated rings. The molecule has 1 unspecified atom stereocenters. The highest BCUT2D eigenvalue weighted by Gasteiger charge is 2.16. The van der Waals surface area contributed by atoms with Crippen LogP contribution in [0.25, 0.3) is 0 Å². The van der Waals surface area contributed by atoms with Gasteiger partial charge in [-0.25, -0.2) is 4.39 Å². The Balaban J connectivity index is 2.85. The van der Waals surface area contributed by atoms with Gasteiger partial charge in [-0.05, 0) is 24.6 Å². The Morgan fingerprint density at radius 3 is 2.94 bits per heavy atom. The van der Waals surface area contributed by atoms with Crippen molar-refractivity contribution >= 4 is 23.2 Å². The quantitative estimate of drug-likeness (QED) is 0.883. The first-order chi connectivity index (χ1) is 7.58. The molecule has 0 radical (unpaired) electrons. The average molecular weight is 241 g/mol. The first-order valence-electron chi connectivity index (χ1n) is 4.74. The van der Waals surface area contributed by atoms with Crippen molar-refractivity contribution < 1.29 is 9.18 Å². The summed E-state index contributed by atoms with van der Waals surface area (Å²) < 4.78 is 12.9. The van der Waals surface area contributed by atoms with Crippen molar-refractivity contribution in [3.8, 4) is 6.07 Å². The molecular weight excluding hydrogens is 231 g/mol. The molecule has 1 aromatic rings. The van der Waals surface area contributed by atoms with Gasteiger partial charge in [-0.2, -0.15) is 5.26 Å². The molecular formula is C11H10ClFN2O. The molecule has 1 atom stereocenters. The van der Waals surface area contributed by atoms with E-state index >= 15 is 0 Å². The number of anilines is 1. The van der Waals surface area contributed by atoms with Crippen LogP contribution in [0.4, 0.5) is 10.1 Å². The molecule has 3 nitrogen and oxygen atoms in total. The van der Waals surface area contributed by atoms with Crippen molar-refractivity contribution in [1.29, 1.82) is 5.26 Å². The summed E-state index contributed by atoms with van der Waals surface area (Å²) in [6.07, 6.45) is 0.398. The van der Waals surface area contributed by atoms with Crippen molar-refractivity contribution in [2.24, 2.45) is 5.92 Å². The van der Waals surface area contributed by atoms with Crippen LogP contribution in [-0.4, -0.2) is 5.91 Å². The normalized spacial score (nSPS) is 11.6. The maximum Gasteiger partial charge on any atom is 0.241 e. The summed E-state index contributed by atoms with van der Waals surface area (Å²) in [5.41, 5.74) is 0.181. The third-order valence-corrected chi connectivity index (χ3v) is 2.40. The Morgan fingerprint density at radius 2 is 2.38 bits per heavy atom. The van der Waals surface area contributed by atoms with E-state index in [2.05, 4.69) is 5.32 Å².